The molecule has 0 radical (unpaired) electrons. The van der Waals surface area contributed by atoms with Gasteiger partial charge >= 0.3 is 5.97 Å². The van der Waals surface area contributed by atoms with Gasteiger partial charge in [-0.05, 0) is 26.0 Å². The summed E-state index contributed by atoms with van der Waals surface area (Å²) in [5, 5.41) is 9.00. The molecule has 1 aromatic carbocycles. The lowest BCUT2D eigenvalue weighted by atomic mass is 10.0. The molecule has 94 valence electrons. The molecular formula is C14H15NO3. The Morgan fingerprint density at radius 2 is 1.78 bits per heavy atom. The second-order valence-corrected chi connectivity index (χ2v) is 4.34. The van der Waals surface area contributed by atoms with Crippen molar-refractivity contribution in [2.75, 3.05) is 7.05 Å². The number of carbonyl (C=O) groups excluding carboxylic acids is 1. The van der Waals surface area contributed by atoms with Crippen molar-refractivity contribution in [1.29, 1.82) is 0 Å². The Balaban J connectivity index is 2.85. The van der Waals surface area contributed by atoms with Gasteiger partial charge in [-0.3, -0.25) is 4.79 Å². The Labute approximate surface area is 106 Å². The van der Waals surface area contributed by atoms with Crippen LogP contribution in [-0.2, 0) is 9.59 Å². The van der Waals surface area contributed by atoms with E-state index in [4.69, 9.17) is 5.11 Å². The van der Waals surface area contributed by atoms with Crippen LogP contribution in [0.1, 0.15) is 19.4 Å². The average molecular weight is 245 g/mol. The SMILES string of the molecule is CN(C(=O)C#Cc1ccccc1)C(C)(C)C(=O)O. The maximum Gasteiger partial charge on any atom is 0.329 e. The van der Waals surface area contributed by atoms with E-state index in [-0.39, 0.29) is 0 Å². The first-order valence-corrected chi connectivity index (χ1v) is 5.44. The molecule has 4 heteroatoms. The Morgan fingerprint density at radius 3 is 2.28 bits per heavy atom. The van der Waals surface area contributed by atoms with E-state index in [9.17, 15) is 9.59 Å². The van der Waals surface area contributed by atoms with E-state index in [1.165, 1.54) is 20.9 Å². The summed E-state index contributed by atoms with van der Waals surface area (Å²) in [6, 6.07) is 9.05. The molecule has 0 unspecified atom stereocenters. The van der Waals surface area contributed by atoms with Crippen molar-refractivity contribution in [2.45, 2.75) is 19.4 Å². The molecule has 0 fully saturated rings. The molecule has 1 rings (SSSR count). The molecule has 0 aliphatic carbocycles. The fourth-order valence-electron chi connectivity index (χ4n) is 1.13. The topological polar surface area (TPSA) is 57.6 Å². The first-order chi connectivity index (χ1) is 8.35. The van der Waals surface area contributed by atoms with Gasteiger partial charge in [-0.25, -0.2) is 4.79 Å². The van der Waals surface area contributed by atoms with Crippen molar-refractivity contribution < 1.29 is 14.7 Å². The zero-order valence-electron chi connectivity index (χ0n) is 10.6. The fourth-order valence-corrected chi connectivity index (χ4v) is 1.13. The number of hydrogen-bond acceptors (Lipinski definition) is 2. The van der Waals surface area contributed by atoms with E-state index in [0.717, 1.165) is 4.90 Å². The summed E-state index contributed by atoms with van der Waals surface area (Å²) in [5.41, 5.74) is -0.560. The van der Waals surface area contributed by atoms with Crippen molar-refractivity contribution in [1.82, 2.24) is 4.90 Å². The third-order valence-electron chi connectivity index (χ3n) is 2.75. The minimum Gasteiger partial charge on any atom is -0.480 e. The van der Waals surface area contributed by atoms with Gasteiger partial charge in [-0.15, -0.1) is 0 Å². The molecule has 0 atom stereocenters. The Hall–Kier alpha value is -2.28. The van der Waals surface area contributed by atoms with E-state index in [2.05, 4.69) is 11.8 Å². The van der Waals surface area contributed by atoms with Crippen LogP contribution in [0, 0.1) is 11.8 Å². The van der Waals surface area contributed by atoms with Gasteiger partial charge in [0.25, 0.3) is 5.91 Å². The van der Waals surface area contributed by atoms with Crippen LogP contribution in [0.4, 0.5) is 0 Å². The first-order valence-electron chi connectivity index (χ1n) is 5.44. The monoisotopic (exact) mass is 245 g/mol. The lowest BCUT2D eigenvalue weighted by molar-refractivity contribution is -0.153. The largest absolute Gasteiger partial charge is 0.480 e. The van der Waals surface area contributed by atoms with Crippen LogP contribution in [-0.4, -0.2) is 34.5 Å². The molecule has 1 amide bonds. The number of carboxylic acids is 1. The zero-order valence-corrected chi connectivity index (χ0v) is 10.6. The number of aliphatic carboxylic acids is 1. The number of rotatable bonds is 2. The number of carboxylic acid groups (broad SMARTS) is 1. The van der Waals surface area contributed by atoms with Crippen LogP contribution in [0.2, 0.25) is 0 Å². The van der Waals surface area contributed by atoms with E-state index in [1.807, 2.05) is 18.2 Å². The lowest BCUT2D eigenvalue weighted by Gasteiger charge is -2.29. The second kappa shape index (κ2) is 5.37. The van der Waals surface area contributed by atoms with Gasteiger partial charge in [0, 0.05) is 18.5 Å². The molecule has 0 heterocycles. The molecule has 1 aromatic rings. The Morgan fingerprint density at radius 1 is 1.22 bits per heavy atom. The molecule has 1 N–H and O–H groups in total. The van der Waals surface area contributed by atoms with E-state index in [0.29, 0.717) is 5.56 Å². The summed E-state index contributed by atoms with van der Waals surface area (Å²) in [6.45, 7) is 2.91. The predicted octanol–water partition coefficient (Wildman–Crippen LogP) is 1.36. The third-order valence-corrected chi connectivity index (χ3v) is 2.75. The number of hydrogen-bond donors (Lipinski definition) is 1. The summed E-state index contributed by atoms with van der Waals surface area (Å²) in [7, 11) is 1.43. The minimum atomic E-state index is -1.28. The smallest absolute Gasteiger partial charge is 0.329 e. The summed E-state index contributed by atoms with van der Waals surface area (Å²) in [6.07, 6.45) is 0. The van der Waals surface area contributed by atoms with Gasteiger partial charge < -0.3 is 10.0 Å². The highest BCUT2D eigenvalue weighted by Gasteiger charge is 2.34. The van der Waals surface area contributed by atoms with Crippen LogP contribution >= 0.6 is 0 Å². The molecule has 18 heavy (non-hydrogen) atoms. The van der Waals surface area contributed by atoms with Crippen LogP contribution in [0.15, 0.2) is 30.3 Å². The van der Waals surface area contributed by atoms with Crippen molar-refractivity contribution >= 4 is 11.9 Å². The minimum absolute atomic E-state index is 0.522. The maximum absolute atomic E-state index is 11.8. The summed E-state index contributed by atoms with van der Waals surface area (Å²) >= 11 is 0. The highest BCUT2D eigenvalue weighted by molar-refractivity contribution is 5.97. The Bertz CT molecular complexity index is 509. The van der Waals surface area contributed by atoms with Crippen LogP contribution < -0.4 is 0 Å². The molecule has 0 aromatic heterocycles. The average Bonchev–Trinajstić information content (AvgIpc) is 2.36. The molecule has 0 saturated carbocycles. The van der Waals surface area contributed by atoms with Crippen molar-refractivity contribution in [3.63, 3.8) is 0 Å². The molecule has 0 aliphatic rings. The van der Waals surface area contributed by atoms with Gasteiger partial charge in [0.2, 0.25) is 0 Å². The van der Waals surface area contributed by atoms with E-state index >= 15 is 0 Å². The molecule has 4 nitrogen and oxygen atoms in total. The summed E-state index contributed by atoms with van der Waals surface area (Å²) in [5.74, 6) is 3.54. The summed E-state index contributed by atoms with van der Waals surface area (Å²) in [4.78, 5) is 23.9. The van der Waals surface area contributed by atoms with Crippen molar-refractivity contribution in [3.8, 4) is 11.8 Å². The predicted molar refractivity (Wildman–Crippen MR) is 67.8 cm³/mol. The molecule has 0 saturated heterocycles. The quantitative estimate of drug-likeness (QED) is 0.800. The van der Waals surface area contributed by atoms with Gasteiger partial charge in [0.1, 0.15) is 5.54 Å². The molecule has 0 spiro atoms. The van der Waals surface area contributed by atoms with E-state index < -0.39 is 17.4 Å². The van der Waals surface area contributed by atoms with Crippen molar-refractivity contribution in [3.05, 3.63) is 35.9 Å². The third kappa shape index (κ3) is 3.11. The van der Waals surface area contributed by atoms with Gasteiger partial charge in [-0.2, -0.15) is 0 Å². The standard InChI is InChI=1S/C14H15NO3/c1-14(2,13(17)18)15(3)12(16)10-9-11-7-5-4-6-8-11/h4-8H,1-3H3,(H,17,18). The normalized spacial score (nSPS) is 10.2. The highest BCUT2D eigenvalue weighted by atomic mass is 16.4. The number of carbonyl (C=O) groups is 2. The zero-order chi connectivity index (χ0) is 13.8. The number of amides is 1. The van der Waals surface area contributed by atoms with Crippen molar-refractivity contribution in [2.24, 2.45) is 0 Å². The lowest BCUT2D eigenvalue weighted by Crippen LogP contribution is -2.50. The second-order valence-electron chi connectivity index (χ2n) is 4.34. The summed E-state index contributed by atoms with van der Waals surface area (Å²) < 4.78 is 0. The maximum atomic E-state index is 11.8. The van der Waals surface area contributed by atoms with Gasteiger partial charge in [0.15, 0.2) is 0 Å². The molecule has 0 aliphatic heterocycles. The fraction of sp³-hybridized carbons (Fsp3) is 0.286. The first kappa shape index (κ1) is 13.8. The number of likely N-dealkylation sites (N-methyl/N-ethyl adjacent to an activating group) is 1. The number of nitrogens with zero attached hydrogens (tertiary/aromatic N) is 1. The highest BCUT2D eigenvalue weighted by Crippen LogP contribution is 2.12. The Kier molecular flexibility index (Phi) is 4.11. The molecular weight excluding hydrogens is 230 g/mol. The van der Waals surface area contributed by atoms with Crippen LogP contribution in [0.3, 0.4) is 0 Å². The van der Waals surface area contributed by atoms with Crippen LogP contribution in [0.25, 0.3) is 0 Å². The van der Waals surface area contributed by atoms with Crippen LogP contribution in [0.5, 0.6) is 0 Å². The number of benzene rings is 1. The van der Waals surface area contributed by atoms with E-state index in [1.54, 1.807) is 12.1 Å². The van der Waals surface area contributed by atoms with Gasteiger partial charge in [0.05, 0.1) is 0 Å². The van der Waals surface area contributed by atoms with Gasteiger partial charge in [-0.1, -0.05) is 24.1 Å². The molecule has 0 bridgehead atoms.